The summed E-state index contributed by atoms with van der Waals surface area (Å²) < 4.78 is 22.0. The highest BCUT2D eigenvalue weighted by atomic mass is 19.1. The first kappa shape index (κ1) is 20.3. The number of ether oxygens (including phenoxy) is 1. The summed E-state index contributed by atoms with van der Waals surface area (Å²) in [7, 11) is 0. The second-order valence-electron chi connectivity index (χ2n) is 7.97. The van der Waals surface area contributed by atoms with E-state index in [2.05, 4.69) is 26.0 Å². The predicted molar refractivity (Wildman–Crippen MR) is 122 cm³/mol. The second kappa shape index (κ2) is 8.84. The zero-order valence-electron chi connectivity index (χ0n) is 17.5. The fourth-order valence-electron chi connectivity index (χ4n) is 4.01. The van der Waals surface area contributed by atoms with E-state index < -0.39 is 6.04 Å². The van der Waals surface area contributed by atoms with Crippen LogP contribution in [0.25, 0.3) is 0 Å². The van der Waals surface area contributed by atoms with Crippen LogP contribution in [0.15, 0.2) is 76.4 Å². The fourth-order valence-corrected chi connectivity index (χ4v) is 4.01. The van der Waals surface area contributed by atoms with E-state index in [1.165, 1.54) is 0 Å². The fraction of sp³-hybridized carbons (Fsp3) is 0.250. The van der Waals surface area contributed by atoms with Crippen LogP contribution >= 0.6 is 0 Å². The third-order valence-corrected chi connectivity index (χ3v) is 6.00. The van der Waals surface area contributed by atoms with Crippen molar-refractivity contribution in [2.45, 2.75) is 31.2 Å². The predicted octanol–water partition coefficient (Wildman–Crippen LogP) is 3.34. The first-order chi connectivity index (χ1) is 15.7. The van der Waals surface area contributed by atoms with Crippen molar-refractivity contribution in [3.05, 3.63) is 89.0 Å². The van der Waals surface area contributed by atoms with Crippen LogP contribution in [0.2, 0.25) is 0 Å². The lowest BCUT2D eigenvalue weighted by molar-refractivity contribution is 0.336. The Balaban J connectivity index is 1.47. The van der Waals surface area contributed by atoms with Crippen molar-refractivity contribution in [1.82, 2.24) is 16.1 Å². The van der Waals surface area contributed by atoms with Gasteiger partial charge in [0.2, 0.25) is 0 Å². The van der Waals surface area contributed by atoms with Crippen LogP contribution in [-0.4, -0.2) is 18.6 Å². The van der Waals surface area contributed by atoms with Crippen molar-refractivity contribution in [2.24, 2.45) is 15.8 Å². The highest BCUT2D eigenvalue weighted by Crippen LogP contribution is 2.43. The summed E-state index contributed by atoms with van der Waals surface area (Å²) in [5.74, 6) is 6.53. The van der Waals surface area contributed by atoms with Gasteiger partial charge in [-0.25, -0.2) is 15.2 Å². The summed E-state index contributed by atoms with van der Waals surface area (Å²) in [4.78, 5) is 8.72. The van der Waals surface area contributed by atoms with Crippen LogP contribution in [0.1, 0.15) is 47.9 Å². The van der Waals surface area contributed by atoms with Gasteiger partial charge in [-0.3, -0.25) is 4.99 Å². The summed E-state index contributed by atoms with van der Waals surface area (Å²) in [6.07, 6.45) is 8.29. The van der Waals surface area contributed by atoms with E-state index in [0.29, 0.717) is 29.9 Å². The molecule has 0 radical (unpaired) electrons. The molecule has 0 amide bonds. The summed E-state index contributed by atoms with van der Waals surface area (Å²) >= 11 is 0. The standard InChI is InChI=1S/C24H25FN6O/c25-23-18(20-12-28-21(31-26)13-27-20)10-9-17(15-7-4-8-15)24(23)32-22-11-19(29-14-30-22)16-5-2-1-3-6-16/h1-3,5-6,9-13,15,20,27,30-31H,4,7-8,14,26H2. The highest BCUT2D eigenvalue weighted by Gasteiger charge is 2.29. The molecule has 2 aliphatic heterocycles. The van der Waals surface area contributed by atoms with Gasteiger partial charge in [-0.2, -0.15) is 0 Å². The highest BCUT2D eigenvalue weighted by molar-refractivity contribution is 6.09. The molecule has 2 aromatic carbocycles. The number of hydrazine groups is 1. The lowest BCUT2D eigenvalue weighted by atomic mass is 9.79. The first-order valence-corrected chi connectivity index (χ1v) is 10.8. The molecule has 1 unspecified atom stereocenters. The van der Waals surface area contributed by atoms with Crippen LogP contribution < -0.4 is 26.6 Å². The molecule has 7 nitrogen and oxygen atoms in total. The van der Waals surface area contributed by atoms with Crippen LogP contribution in [-0.2, 0) is 0 Å². The van der Waals surface area contributed by atoms with Gasteiger partial charge < -0.3 is 20.8 Å². The Morgan fingerprint density at radius 3 is 2.59 bits per heavy atom. The lowest BCUT2D eigenvalue weighted by Crippen LogP contribution is -2.29. The molecule has 1 saturated carbocycles. The Morgan fingerprint density at radius 1 is 1.09 bits per heavy atom. The minimum atomic E-state index is -0.417. The molecule has 0 bridgehead atoms. The minimum Gasteiger partial charge on any atom is -0.438 e. The summed E-state index contributed by atoms with van der Waals surface area (Å²) in [6.45, 7) is 0.368. The number of benzene rings is 2. The molecule has 1 fully saturated rings. The van der Waals surface area contributed by atoms with Crippen LogP contribution in [0, 0.1) is 5.82 Å². The summed E-state index contributed by atoms with van der Waals surface area (Å²) in [5.41, 5.74) is 5.62. The van der Waals surface area contributed by atoms with Crippen molar-refractivity contribution in [2.75, 3.05) is 6.67 Å². The molecule has 0 saturated heterocycles. The van der Waals surface area contributed by atoms with Crippen molar-refractivity contribution < 1.29 is 9.13 Å². The van der Waals surface area contributed by atoms with Gasteiger partial charge in [-0.05, 0) is 24.3 Å². The molecule has 2 heterocycles. The summed E-state index contributed by atoms with van der Waals surface area (Å²) in [5, 5.41) is 6.23. The molecule has 164 valence electrons. The van der Waals surface area contributed by atoms with Crippen molar-refractivity contribution >= 4 is 11.9 Å². The number of hydrogen-bond donors (Lipinski definition) is 4. The van der Waals surface area contributed by atoms with Crippen LogP contribution in [0.3, 0.4) is 0 Å². The van der Waals surface area contributed by atoms with Gasteiger partial charge in [0.1, 0.15) is 6.67 Å². The average Bonchev–Trinajstić information content (AvgIpc) is 2.81. The zero-order chi connectivity index (χ0) is 21.9. The molecule has 32 heavy (non-hydrogen) atoms. The van der Waals surface area contributed by atoms with Gasteiger partial charge in [0.15, 0.2) is 23.3 Å². The number of halogens is 1. The maximum absolute atomic E-state index is 15.8. The minimum absolute atomic E-state index is 0.266. The molecule has 5 N–H and O–H groups in total. The van der Waals surface area contributed by atoms with Gasteiger partial charge in [0, 0.05) is 29.6 Å². The maximum Gasteiger partial charge on any atom is 0.197 e. The molecule has 0 spiro atoms. The van der Waals surface area contributed by atoms with Crippen molar-refractivity contribution in [1.29, 1.82) is 0 Å². The van der Waals surface area contributed by atoms with Gasteiger partial charge in [0.25, 0.3) is 0 Å². The molecule has 2 aromatic rings. The smallest absolute Gasteiger partial charge is 0.197 e. The van der Waals surface area contributed by atoms with Gasteiger partial charge in [0.05, 0.1) is 11.8 Å². The monoisotopic (exact) mass is 432 g/mol. The molecule has 1 aliphatic carbocycles. The van der Waals surface area contributed by atoms with E-state index in [1.54, 1.807) is 12.4 Å². The Hall–Kier alpha value is -3.65. The number of nitrogens with two attached hydrogens (primary N) is 1. The molecular formula is C24H25FN6O. The molecule has 3 aliphatic rings. The van der Waals surface area contributed by atoms with Crippen molar-refractivity contribution in [3.8, 4) is 5.75 Å². The third-order valence-electron chi connectivity index (χ3n) is 6.00. The first-order valence-electron chi connectivity index (χ1n) is 10.8. The number of nitrogens with zero attached hydrogens (tertiary/aromatic N) is 2. The van der Waals surface area contributed by atoms with Crippen LogP contribution in [0.4, 0.5) is 4.39 Å². The van der Waals surface area contributed by atoms with Gasteiger partial charge in [-0.1, -0.05) is 48.9 Å². The van der Waals surface area contributed by atoms with E-state index in [-0.39, 0.29) is 11.6 Å². The molecule has 0 aromatic heterocycles. The van der Waals surface area contributed by atoms with Crippen LogP contribution in [0.5, 0.6) is 5.75 Å². The molecule has 1 atom stereocenters. The Bertz CT molecular complexity index is 1120. The Morgan fingerprint density at radius 2 is 1.91 bits per heavy atom. The van der Waals surface area contributed by atoms with Gasteiger partial charge in [-0.15, -0.1) is 0 Å². The summed E-state index contributed by atoms with van der Waals surface area (Å²) in [6, 6.07) is 13.2. The molecule has 5 rings (SSSR count). The second-order valence-corrected chi connectivity index (χ2v) is 7.97. The van der Waals surface area contributed by atoms with E-state index in [4.69, 9.17) is 10.6 Å². The normalized spacial score (nSPS) is 20.2. The number of hydrogen-bond acceptors (Lipinski definition) is 7. The number of rotatable bonds is 6. The number of allylic oxidation sites excluding steroid dienone is 1. The average molecular weight is 433 g/mol. The van der Waals surface area contributed by atoms with Gasteiger partial charge >= 0.3 is 0 Å². The Labute approximate surface area is 186 Å². The number of nitrogens with one attached hydrogen (secondary N) is 3. The molecule has 8 heteroatoms. The lowest BCUT2D eigenvalue weighted by Gasteiger charge is -2.29. The van der Waals surface area contributed by atoms with E-state index >= 15 is 4.39 Å². The largest absolute Gasteiger partial charge is 0.438 e. The van der Waals surface area contributed by atoms with E-state index in [9.17, 15) is 0 Å². The van der Waals surface area contributed by atoms with E-state index in [1.807, 2.05) is 48.5 Å². The van der Waals surface area contributed by atoms with Crippen molar-refractivity contribution in [3.63, 3.8) is 0 Å². The quantitative estimate of drug-likeness (QED) is 0.415. The zero-order valence-corrected chi connectivity index (χ0v) is 17.5. The molecular weight excluding hydrogens is 407 g/mol. The maximum atomic E-state index is 15.8. The SMILES string of the molecule is NNC1=CNC(c2ccc(C3CCC3)c(OC3=CC(c4ccccc4)=NCN3)c2F)C=N1. The van der Waals surface area contributed by atoms with E-state index in [0.717, 1.165) is 36.1 Å². The third kappa shape index (κ3) is 3.97. The number of aliphatic imine (C=N–C) groups is 2. The Kier molecular flexibility index (Phi) is 5.60. The topological polar surface area (TPSA) is 96.1 Å².